The third kappa shape index (κ3) is 1.42. The second-order valence-corrected chi connectivity index (χ2v) is 4.03. The normalized spacial score (nSPS) is 30.4. The first-order valence-corrected chi connectivity index (χ1v) is 4.78. The molecule has 1 aromatic carbocycles. The van der Waals surface area contributed by atoms with Gasteiger partial charge < -0.3 is 10.8 Å². The quantitative estimate of drug-likeness (QED) is 0.762. The summed E-state index contributed by atoms with van der Waals surface area (Å²) in [7, 11) is 0. The van der Waals surface area contributed by atoms with Gasteiger partial charge in [-0.05, 0) is 30.0 Å². The van der Waals surface area contributed by atoms with Crippen LogP contribution in [-0.2, 0) is 0 Å². The molecule has 0 spiro atoms. The molecule has 3 N–H and O–H groups in total. The van der Waals surface area contributed by atoms with E-state index in [1.165, 1.54) is 12.1 Å². The first-order valence-electron chi connectivity index (χ1n) is 4.78. The van der Waals surface area contributed by atoms with Crippen LogP contribution in [0.2, 0.25) is 0 Å². The summed E-state index contributed by atoms with van der Waals surface area (Å²) < 4.78 is 12.7. The number of hydrogen-bond acceptors (Lipinski definition) is 2. The molecule has 0 amide bonds. The van der Waals surface area contributed by atoms with E-state index in [1.807, 2.05) is 0 Å². The van der Waals surface area contributed by atoms with Crippen LogP contribution in [0.25, 0.3) is 0 Å². The number of nitrogens with two attached hydrogens (primary N) is 1. The van der Waals surface area contributed by atoms with Gasteiger partial charge in [0, 0.05) is 12.0 Å². The zero-order valence-electron chi connectivity index (χ0n) is 7.91. The van der Waals surface area contributed by atoms with Gasteiger partial charge in [-0.3, -0.25) is 0 Å². The number of aliphatic hydroxyl groups excluding tert-OH is 1. The van der Waals surface area contributed by atoms with Gasteiger partial charge in [0.25, 0.3) is 0 Å². The molecule has 0 radical (unpaired) electrons. The van der Waals surface area contributed by atoms with Gasteiger partial charge in [0.05, 0.1) is 6.61 Å². The Morgan fingerprint density at radius 2 is 2.07 bits per heavy atom. The molecule has 2 nitrogen and oxygen atoms in total. The van der Waals surface area contributed by atoms with Gasteiger partial charge in [-0.1, -0.05) is 12.1 Å². The molecule has 2 atom stereocenters. The van der Waals surface area contributed by atoms with Crippen LogP contribution in [0.4, 0.5) is 4.39 Å². The lowest BCUT2D eigenvalue weighted by atomic mass is 10.0. The second-order valence-electron chi connectivity index (χ2n) is 4.03. The molecular formula is C11H14FNO. The molecule has 0 unspecified atom stereocenters. The molecule has 0 saturated heterocycles. The highest BCUT2D eigenvalue weighted by molar-refractivity contribution is 5.30. The minimum absolute atomic E-state index is 0.117. The lowest BCUT2D eigenvalue weighted by Crippen LogP contribution is -2.21. The van der Waals surface area contributed by atoms with E-state index in [0.29, 0.717) is 12.5 Å². The summed E-state index contributed by atoms with van der Waals surface area (Å²) in [6.45, 7) is 0.608. The third-order valence-electron chi connectivity index (χ3n) is 3.18. The number of benzene rings is 1. The molecule has 1 aliphatic rings. The van der Waals surface area contributed by atoms with Crippen LogP contribution in [0.1, 0.15) is 17.9 Å². The van der Waals surface area contributed by atoms with Crippen molar-refractivity contribution in [1.29, 1.82) is 0 Å². The van der Waals surface area contributed by atoms with Crippen molar-refractivity contribution in [3.8, 4) is 0 Å². The minimum atomic E-state index is -0.225. The molecule has 0 aromatic heterocycles. The molecule has 1 saturated carbocycles. The summed E-state index contributed by atoms with van der Waals surface area (Å²) in [5, 5.41) is 9.19. The Hall–Kier alpha value is -0.930. The predicted octanol–water partition coefficient (Wildman–Crippen LogP) is 1.25. The average molecular weight is 195 g/mol. The fourth-order valence-corrected chi connectivity index (χ4v) is 1.98. The van der Waals surface area contributed by atoms with E-state index in [4.69, 9.17) is 5.73 Å². The Morgan fingerprint density at radius 1 is 1.43 bits per heavy atom. The maximum atomic E-state index is 12.7. The molecule has 2 rings (SSSR count). The van der Waals surface area contributed by atoms with Crippen molar-refractivity contribution in [2.45, 2.75) is 12.3 Å². The highest BCUT2D eigenvalue weighted by Crippen LogP contribution is 2.58. The van der Waals surface area contributed by atoms with Gasteiger partial charge in [0.2, 0.25) is 0 Å². The van der Waals surface area contributed by atoms with E-state index in [-0.39, 0.29) is 17.8 Å². The first-order chi connectivity index (χ1) is 6.72. The van der Waals surface area contributed by atoms with E-state index in [2.05, 4.69) is 0 Å². The van der Waals surface area contributed by atoms with Crippen molar-refractivity contribution in [1.82, 2.24) is 0 Å². The van der Waals surface area contributed by atoms with Gasteiger partial charge in [0.15, 0.2) is 0 Å². The van der Waals surface area contributed by atoms with Crippen molar-refractivity contribution >= 4 is 0 Å². The van der Waals surface area contributed by atoms with Gasteiger partial charge in [0.1, 0.15) is 5.82 Å². The van der Waals surface area contributed by atoms with Crippen LogP contribution in [-0.4, -0.2) is 18.3 Å². The number of hydrogen-bond donors (Lipinski definition) is 2. The standard InChI is InChI=1S/C11H14FNO/c12-9-3-1-8(2-4-9)10-5-11(10,6-13)7-14/h1-4,10,14H,5-7,13H2/t10-,11-/m1/s1. The Kier molecular flexibility index (Phi) is 2.29. The van der Waals surface area contributed by atoms with Crippen LogP contribution in [0.3, 0.4) is 0 Å². The van der Waals surface area contributed by atoms with E-state index in [0.717, 1.165) is 12.0 Å². The Balaban J connectivity index is 2.16. The van der Waals surface area contributed by atoms with E-state index in [9.17, 15) is 9.50 Å². The summed E-state index contributed by atoms with van der Waals surface area (Å²) in [5.41, 5.74) is 6.54. The molecule has 0 heterocycles. The van der Waals surface area contributed by atoms with E-state index < -0.39 is 0 Å². The van der Waals surface area contributed by atoms with Gasteiger partial charge in [-0.2, -0.15) is 0 Å². The monoisotopic (exact) mass is 195 g/mol. The third-order valence-corrected chi connectivity index (χ3v) is 3.18. The summed E-state index contributed by atoms with van der Waals surface area (Å²) in [6.07, 6.45) is 0.908. The molecular weight excluding hydrogens is 181 g/mol. The number of rotatable bonds is 3. The van der Waals surface area contributed by atoms with E-state index in [1.54, 1.807) is 12.1 Å². The van der Waals surface area contributed by atoms with Gasteiger partial charge >= 0.3 is 0 Å². The van der Waals surface area contributed by atoms with Crippen molar-refractivity contribution in [2.24, 2.45) is 11.1 Å². The Labute approximate surface area is 82.5 Å². The Bertz CT molecular complexity index is 319. The zero-order valence-corrected chi connectivity index (χ0v) is 7.91. The maximum Gasteiger partial charge on any atom is 0.123 e. The average Bonchev–Trinajstić information content (AvgIpc) is 2.94. The summed E-state index contributed by atoms with van der Waals surface area (Å²) >= 11 is 0. The maximum absolute atomic E-state index is 12.7. The van der Waals surface area contributed by atoms with Crippen molar-refractivity contribution in [2.75, 3.05) is 13.2 Å². The number of halogens is 1. The summed E-state index contributed by atoms with van der Waals surface area (Å²) in [4.78, 5) is 0. The zero-order chi connectivity index (χ0) is 10.2. The lowest BCUT2D eigenvalue weighted by Gasteiger charge is -2.10. The molecule has 0 aliphatic heterocycles. The topological polar surface area (TPSA) is 46.2 Å². The van der Waals surface area contributed by atoms with Crippen LogP contribution in [0.15, 0.2) is 24.3 Å². The van der Waals surface area contributed by atoms with Crippen LogP contribution in [0, 0.1) is 11.2 Å². The molecule has 14 heavy (non-hydrogen) atoms. The largest absolute Gasteiger partial charge is 0.396 e. The van der Waals surface area contributed by atoms with Crippen molar-refractivity contribution < 1.29 is 9.50 Å². The van der Waals surface area contributed by atoms with Crippen molar-refractivity contribution in [3.05, 3.63) is 35.6 Å². The fourth-order valence-electron chi connectivity index (χ4n) is 1.98. The predicted molar refractivity (Wildman–Crippen MR) is 52.3 cm³/mol. The molecule has 1 fully saturated rings. The lowest BCUT2D eigenvalue weighted by molar-refractivity contribution is 0.211. The molecule has 3 heteroatoms. The van der Waals surface area contributed by atoms with Gasteiger partial charge in [-0.25, -0.2) is 4.39 Å². The second kappa shape index (κ2) is 3.33. The highest BCUT2D eigenvalue weighted by Gasteiger charge is 2.53. The van der Waals surface area contributed by atoms with Crippen LogP contribution in [0.5, 0.6) is 0 Å². The summed E-state index contributed by atoms with van der Waals surface area (Å²) in [5.74, 6) is 0.0786. The first kappa shape index (κ1) is 9.62. The highest BCUT2D eigenvalue weighted by atomic mass is 19.1. The summed E-state index contributed by atoms with van der Waals surface area (Å²) in [6, 6.07) is 6.44. The van der Waals surface area contributed by atoms with Crippen molar-refractivity contribution in [3.63, 3.8) is 0 Å². The van der Waals surface area contributed by atoms with E-state index >= 15 is 0 Å². The fraction of sp³-hybridized carbons (Fsp3) is 0.455. The SMILES string of the molecule is NC[C@@]1(CO)C[C@@H]1c1ccc(F)cc1. The van der Waals surface area contributed by atoms with Crippen LogP contribution >= 0.6 is 0 Å². The van der Waals surface area contributed by atoms with Gasteiger partial charge in [-0.15, -0.1) is 0 Å². The molecule has 1 aliphatic carbocycles. The molecule has 0 bridgehead atoms. The Morgan fingerprint density at radius 3 is 2.50 bits per heavy atom. The number of aliphatic hydroxyl groups is 1. The smallest absolute Gasteiger partial charge is 0.123 e. The molecule has 76 valence electrons. The molecule has 1 aromatic rings. The van der Waals surface area contributed by atoms with Crippen LogP contribution < -0.4 is 5.73 Å². The minimum Gasteiger partial charge on any atom is -0.396 e.